The second-order valence-electron chi connectivity index (χ2n) is 4.50. The molecule has 0 fully saturated rings. The molecule has 0 saturated carbocycles. The number of aromatic nitrogens is 2. The number of fused-ring (bicyclic) bond motifs is 1. The van der Waals surface area contributed by atoms with Crippen LogP contribution < -0.4 is 11.0 Å². The average Bonchev–Trinajstić information content (AvgIpc) is 2.68. The lowest BCUT2D eigenvalue weighted by Crippen LogP contribution is -2.20. The maximum Gasteiger partial charge on any atom is 0.323 e. The first-order valence-electron chi connectivity index (χ1n) is 6.08. The molecule has 0 amide bonds. The van der Waals surface area contributed by atoms with Crippen LogP contribution in [0.4, 0.5) is 0 Å². The van der Waals surface area contributed by atoms with E-state index in [9.17, 15) is 4.79 Å². The molecule has 1 heterocycles. The van der Waals surface area contributed by atoms with Crippen LogP contribution in [0.5, 0.6) is 0 Å². The van der Waals surface area contributed by atoms with Crippen LogP contribution in [0.3, 0.4) is 0 Å². The zero-order valence-electron chi connectivity index (χ0n) is 10.3. The van der Waals surface area contributed by atoms with Gasteiger partial charge >= 0.3 is 5.69 Å². The summed E-state index contributed by atoms with van der Waals surface area (Å²) >= 11 is 0. The van der Waals surface area contributed by atoms with Crippen LogP contribution in [-0.4, -0.2) is 23.6 Å². The van der Waals surface area contributed by atoms with Crippen molar-refractivity contribution in [3.8, 4) is 0 Å². The molecule has 0 spiro atoms. The summed E-state index contributed by atoms with van der Waals surface area (Å²) in [6, 6.07) is 6.12. The van der Waals surface area contributed by atoms with E-state index in [1.165, 1.54) is 5.56 Å². The quantitative estimate of drug-likeness (QED) is 0.735. The first kappa shape index (κ1) is 11.9. The third-order valence-corrected chi connectivity index (χ3v) is 3.17. The van der Waals surface area contributed by atoms with Gasteiger partial charge in [-0.2, -0.15) is 0 Å². The standard InChI is InChI=1S/C13H19N3O/c1-3-9(8-14-2)6-10-4-5-11-12(7-10)16-13(17)15-11/h4-5,7,9,14H,3,6,8H2,1-2H3,(H2,15,16,17). The summed E-state index contributed by atoms with van der Waals surface area (Å²) < 4.78 is 0. The number of hydrogen-bond donors (Lipinski definition) is 3. The molecule has 0 aliphatic rings. The smallest absolute Gasteiger partial charge is 0.319 e. The number of nitrogens with one attached hydrogen (secondary N) is 3. The minimum Gasteiger partial charge on any atom is -0.319 e. The lowest BCUT2D eigenvalue weighted by atomic mass is 9.96. The zero-order chi connectivity index (χ0) is 12.3. The van der Waals surface area contributed by atoms with Gasteiger partial charge in [-0.1, -0.05) is 19.4 Å². The number of aromatic amines is 2. The lowest BCUT2D eigenvalue weighted by Gasteiger charge is -2.14. The van der Waals surface area contributed by atoms with Gasteiger partial charge in [-0.05, 0) is 43.6 Å². The van der Waals surface area contributed by atoms with E-state index in [-0.39, 0.29) is 5.69 Å². The van der Waals surface area contributed by atoms with Crippen LogP contribution in [0.25, 0.3) is 11.0 Å². The van der Waals surface area contributed by atoms with Gasteiger partial charge in [0.25, 0.3) is 0 Å². The van der Waals surface area contributed by atoms with Gasteiger partial charge in [0.2, 0.25) is 0 Å². The van der Waals surface area contributed by atoms with Gasteiger partial charge in [0.15, 0.2) is 0 Å². The van der Waals surface area contributed by atoms with Gasteiger partial charge in [-0.15, -0.1) is 0 Å². The van der Waals surface area contributed by atoms with Crippen molar-refractivity contribution in [1.82, 2.24) is 15.3 Å². The SMILES string of the molecule is CCC(CNC)Cc1ccc2[nH]c(=O)[nH]c2c1. The number of imidazole rings is 1. The Morgan fingerprint density at radius 3 is 2.76 bits per heavy atom. The van der Waals surface area contributed by atoms with Crippen LogP contribution in [0.1, 0.15) is 18.9 Å². The molecule has 4 heteroatoms. The lowest BCUT2D eigenvalue weighted by molar-refractivity contribution is 0.481. The second kappa shape index (κ2) is 5.19. The molecular weight excluding hydrogens is 214 g/mol. The van der Waals surface area contributed by atoms with Gasteiger partial charge in [-0.25, -0.2) is 4.79 Å². The molecule has 0 radical (unpaired) electrons. The molecular formula is C13H19N3O. The van der Waals surface area contributed by atoms with Crippen molar-refractivity contribution in [2.75, 3.05) is 13.6 Å². The maximum atomic E-state index is 11.2. The largest absolute Gasteiger partial charge is 0.323 e. The summed E-state index contributed by atoms with van der Waals surface area (Å²) in [4.78, 5) is 16.7. The molecule has 3 N–H and O–H groups in total. The Hall–Kier alpha value is -1.55. The Morgan fingerprint density at radius 1 is 1.29 bits per heavy atom. The number of H-pyrrole nitrogens is 2. The van der Waals surface area contributed by atoms with Crippen LogP contribution in [-0.2, 0) is 6.42 Å². The molecule has 2 aromatic rings. The van der Waals surface area contributed by atoms with E-state index in [0.717, 1.165) is 30.4 Å². The van der Waals surface area contributed by atoms with E-state index in [1.807, 2.05) is 13.1 Å². The Morgan fingerprint density at radius 2 is 2.06 bits per heavy atom. The van der Waals surface area contributed by atoms with E-state index >= 15 is 0 Å². The Balaban J connectivity index is 2.20. The second-order valence-corrected chi connectivity index (χ2v) is 4.50. The number of rotatable bonds is 5. The molecule has 0 bridgehead atoms. The van der Waals surface area contributed by atoms with Gasteiger partial charge < -0.3 is 15.3 Å². The van der Waals surface area contributed by atoms with Crippen LogP contribution in [0.2, 0.25) is 0 Å². The van der Waals surface area contributed by atoms with Crippen LogP contribution in [0.15, 0.2) is 23.0 Å². The van der Waals surface area contributed by atoms with Gasteiger partial charge in [0, 0.05) is 0 Å². The van der Waals surface area contributed by atoms with Crippen molar-refractivity contribution >= 4 is 11.0 Å². The highest BCUT2D eigenvalue weighted by molar-refractivity contribution is 5.74. The predicted molar refractivity (Wildman–Crippen MR) is 70.3 cm³/mol. The van der Waals surface area contributed by atoms with E-state index < -0.39 is 0 Å². The summed E-state index contributed by atoms with van der Waals surface area (Å²) in [5.74, 6) is 0.642. The van der Waals surface area contributed by atoms with Crippen molar-refractivity contribution in [2.24, 2.45) is 5.92 Å². The molecule has 1 aromatic heterocycles. The molecule has 0 aliphatic heterocycles. The highest BCUT2D eigenvalue weighted by atomic mass is 16.1. The topological polar surface area (TPSA) is 60.7 Å². The molecule has 0 saturated heterocycles. The van der Waals surface area contributed by atoms with Crippen molar-refractivity contribution in [2.45, 2.75) is 19.8 Å². The van der Waals surface area contributed by atoms with Crippen molar-refractivity contribution in [1.29, 1.82) is 0 Å². The molecule has 1 unspecified atom stereocenters. The van der Waals surface area contributed by atoms with Crippen molar-refractivity contribution in [3.05, 3.63) is 34.2 Å². The minimum atomic E-state index is -0.139. The maximum absolute atomic E-state index is 11.2. The monoisotopic (exact) mass is 233 g/mol. The normalized spacial score (nSPS) is 13.1. The third-order valence-electron chi connectivity index (χ3n) is 3.17. The van der Waals surface area contributed by atoms with E-state index in [1.54, 1.807) is 0 Å². The fourth-order valence-corrected chi connectivity index (χ4v) is 2.19. The Bertz CT molecular complexity index is 541. The molecule has 92 valence electrons. The van der Waals surface area contributed by atoms with Crippen LogP contribution >= 0.6 is 0 Å². The van der Waals surface area contributed by atoms with Crippen molar-refractivity contribution < 1.29 is 0 Å². The Labute approximate surface area is 100 Å². The van der Waals surface area contributed by atoms with Gasteiger partial charge in [-0.3, -0.25) is 0 Å². The van der Waals surface area contributed by atoms with Gasteiger partial charge in [0.05, 0.1) is 11.0 Å². The molecule has 4 nitrogen and oxygen atoms in total. The fourth-order valence-electron chi connectivity index (χ4n) is 2.19. The van der Waals surface area contributed by atoms with Gasteiger partial charge in [0.1, 0.15) is 0 Å². The summed E-state index contributed by atoms with van der Waals surface area (Å²) in [6.07, 6.45) is 2.20. The van der Waals surface area contributed by atoms with E-state index in [2.05, 4.69) is 34.3 Å². The summed E-state index contributed by atoms with van der Waals surface area (Å²) in [5, 5.41) is 3.22. The third kappa shape index (κ3) is 2.77. The summed E-state index contributed by atoms with van der Waals surface area (Å²) in [7, 11) is 1.98. The summed E-state index contributed by atoms with van der Waals surface area (Å²) in [6.45, 7) is 3.23. The Kier molecular flexibility index (Phi) is 3.64. The van der Waals surface area contributed by atoms with E-state index in [0.29, 0.717) is 5.92 Å². The number of hydrogen-bond acceptors (Lipinski definition) is 2. The molecule has 17 heavy (non-hydrogen) atoms. The highest BCUT2D eigenvalue weighted by Gasteiger charge is 2.07. The first-order chi connectivity index (χ1) is 8.22. The first-order valence-corrected chi connectivity index (χ1v) is 6.08. The highest BCUT2D eigenvalue weighted by Crippen LogP contribution is 2.15. The fraction of sp³-hybridized carbons (Fsp3) is 0.462. The summed E-state index contributed by atoms with van der Waals surface area (Å²) in [5.41, 5.74) is 2.90. The average molecular weight is 233 g/mol. The van der Waals surface area contributed by atoms with Crippen molar-refractivity contribution in [3.63, 3.8) is 0 Å². The molecule has 0 aliphatic carbocycles. The molecule has 2 rings (SSSR count). The number of benzene rings is 1. The van der Waals surface area contributed by atoms with E-state index in [4.69, 9.17) is 0 Å². The predicted octanol–water partition coefficient (Wildman–Crippen LogP) is 1.64. The minimum absolute atomic E-state index is 0.139. The molecule has 1 atom stereocenters. The van der Waals surface area contributed by atoms with Crippen LogP contribution in [0, 0.1) is 5.92 Å². The molecule has 1 aromatic carbocycles. The zero-order valence-corrected chi connectivity index (χ0v) is 10.3.